The van der Waals surface area contributed by atoms with E-state index in [-0.39, 0.29) is 11.9 Å². The normalized spacial score (nSPS) is 11.2. The number of aryl methyl sites for hydroxylation is 2. The zero-order valence-corrected chi connectivity index (χ0v) is 30.8. The second kappa shape index (κ2) is 24.7. The highest BCUT2D eigenvalue weighted by Crippen LogP contribution is 2.44. The molecule has 8 nitrogen and oxygen atoms in total. The van der Waals surface area contributed by atoms with E-state index in [1.165, 1.54) is 38.5 Å². The number of ether oxygens (including phenoxy) is 2. The number of esters is 2. The summed E-state index contributed by atoms with van der Waals surface area (Å²) in [5.41, 5.74) is 3.21. The average Bonchev–Trinajstić information content (AvgIpc) is 3.06. The summed E-state index contributed by atoms with van der Waals surface area (Å²) in [7, 11) is -4.33. The molecule has 0 unspecified atom stereocenters. The van der Waals surface area contributed by atoms with Gasteiger partial charge in [-0.15, -0.1) is 0 Å². The van der Waals surface area contributed by atoms with Crippen LogP contribution in [0.15, 0.2) is 72.8 Å². The maximum absolute atomic E-state index is 12.6. The first-order valence-electron chi connectivity index (χ1n) is 18.1. The lowest BCUT2D eigenvalue weighted by Crippen LogP contribution is -2.05. The first kappa shape index (κ1) is 41.8. The van der Waals surface area contributed by atoms with Crippen LogP contribution < -0.4 is 9.05 Å². The second-order valence-electron chi connectivity index (χ2n) is 12.9. The molecule has 0 atom stereocenters. The van der Waals surface area contributed by atoms with Gasteiger partial charge in [0.25, 0.3) is 0 Å². The molecule has 0 spiro atoms. The molecule has 0 bridgehead atoms. The molecule has 0 heterocycles. The molecule has 2 aromatic carbocycles. The van der Waals surface area contributed by atoms with E-state index < -0.39 is 7.82 Å². The maximum Gasteiger partial charge on any atom is 0.584 e. The van der Waals surface area contributed by atoms with Crippen LogP contribution in [0.25, 0.3) is 0 Å². The largest absolute Gasteiger partial charge is 0.584 e. The molecule has 0 fully saturated rings. The molecule has 1 N–H and O–H groups in total. The van der Waals surface area contributed by atoms with E-state index in [2.05, 4.69) is 13.2 Å². The summed E-state index contributed by atoms with van der Waals surface area (Å²) in [6, 6.07) is 14.6. The number of carbonyl (C=O) groups is 2. The predicted molar refractivity (Wildman–Crippen MR) is 197 cm³/mol. The maximum atomic E-state index is 12.6. The van der Waals surface area contributed by atoms with Gasteiger partial charge in [0.2, 0.25) is 0 Å². The second-order valence-corrected chi connectivity index (χ2v) is 14.2. The molecule has 0 amide bonds. The van der Waals surface area contributed by atoms with Crippen molar-refractivity contribution < 1.29 is 37.6 Å². The van der Waals surface area contributed by atoms with Gasteiger partial charge in [-0.25, -0.2) is 14.2 Å². The first-order valence-corrected chi connectivity index (χ1v) is 19.6. The Hall–Kier alpha value is -3.35. The third-order valence-electron chi connectivity index (χ3n) is 8.17. The minimum absolute atomic E-state index is 0.296. The van der Waals surface area contributed by atoms with E-state index >= 15 is 0 Å². The smallest absolute Gasteiger partial charge is 0.462 e. The summed E-state index contributed by atoms with van der Waals surface area (Å²) < 4.78 is 33.5. The number of hydrogen-bond donors (Lipinski definition) is 1. The van der Waals surface area contributed by atoms with E-state index in [9.17, 15) is 19.0 Å². The van der Waals surface area contributed by atoms with Crippen molar-refractivity contribution in [3.05, 3.63) is 84.0 Å². The lowest BCUT2D eigenvalue weighted by molar-refractivity contribution is -0.139. The molecule has 0 aromatic heterocycles. The molecule has 0 aliphatic carbocycles. The molecule has 0 radical (unpaired) electrons. The summed E-state index contributed by atoms with van der Waals surface area (Å²) in [6.45, 7) is 11.4. The van der Waals surface area contributed by atoms with Crippen molar-refractivity contribution in [1.82, 2.24) is 0 Å². The van der Waals surface area contributed by atoms with E-state index in [0.29, 0.717) is 35.9 Å². The van der Waals surface area contributed by atoms with Gasteiger partial charge in [-0.2, -0.15) is 0 Å². The SMILES string of the molecule is C=C(C)C(=O)OCCCCCCCCCCc1ccc(OP(=O)(O)Oc2ccc(CCCCCCCCCCOC(=O)C(=C)C)cc2)cc1. The van der Waals surface area contributed by atoms with Crippen LogP contribution in [-0.4, -0.2) is 30.0 Å². The van der Waals surface area contributed by atoms with Crippen molar-refractivity contribution in [2.45, 2.75) is 129 Å². The van der Waals surface area contributed by atoms with Crippen LogP contribution in [0, 0.1) is 0 Å². The number of unbranched alkanes of at least 4 members (excludes halogenated alkanes) is 14. The van der Waals surface area contributed by atoms with Gasteiger partial charge in [0.05, 0.1) is 13.2 Å². The Morgan fingerprint density at radius 2 is 0.816 bits per heavy atom. The summed E-state index contributed by atoms with van der Waals surface area (Å²) in [5.74, 6) is -0.0226. The standard InChI is InChI=1S/C40H59O8P/c1-33(2)39(41)45-31-19-15-11-7-5-9-13-17-21-35-23-27-37(28-24-35)47-49(43,44)48-38-29-25-36(26-30-38)22-18-14-10-6-8-12-16-20-32-46-40(42)34(3)4/h23-30H,1,3,5-22,31-32H2,2,4H3,(H,43,44). The van der Waals surface area contributed by atoms with Crippen molar-refractivity contribution >= 4 is 19.8 Å². The van der Waals surface area contributed by atoms with Gasteiger partial charge in [-0.1, -0.05) is 114 Å². The van der Waals surface area contributed by atoms with Crippen molar-refractivity contribution in [2.75, 3.05) is 13.2 Å². The number of benzene rings is 2. The minimum atomic E-state index is -4.33. The molecule has 0 aliphatic rings. The van der Waals surface area contributed by atoms with Gasteiger partial charge in [-0.05, 0) is 87.8 Å². The van der Waals surface area contributed by atoms with Crippen LogP contribution in [0.3, 0.4) is 0 Å². The Kier molecular flexibility index (Phi) is 21.1. The molecule has 0 aliphatic heterocycles. The summed E-state index contributed by atoms with van der Waals surface area (Å²) in [4.78, 5) is 33.0. The summed E-state index contributed by atoms with van der Waals surface area (Å²) in [6.07, 6.45) is 19.8. The Bertz CT molecular complexity index is 1210. The van der Waals surface area contributed by atoms with Gasteiger partial charge >= 0.3 is 19.8 Å². The predicted octanol–water partition coefficient (Wildman–Crippen LogP) is 10.8. The van der Waals surface area contributed by atoms with Crippen LogP contribution in [0.1, 0.15) is 128 Å². The quantitative estimate of drug-likeness (QED) is 0.0405. The van der Waals surface area contributed by atoms with Crippen molar-refractivity contribution in [3.63, 3.8) is 0 Å². The summed E-state index contributed by atoms with van der Waals surface area (Å²) in [5, 5.41) is 0. The number of phosphoric ester groups is 1. The van der Waals surface area contributed by atoms with E-state index in [0.717, 1.165) is 88.2 Å². The van der Waals surface area contributed by atoms with Gasteiger partial charge < -0.3 is 18.5 Å². The Morgan fingerprint density at radius 3 is 1.12 bits per heavy atom. The fraction of sp³-hybridized carbons (Fsp3) is 0.550. The van der Waals surface area contributed by atoms with Crippen molar-refractivity contribution in [3.8, 4) is 11.5 Å². The third kappa shape index (κ3) is 20.7. The molecule has 0 saturated carbocycles. The van der Waals surface area contributed by atoms with Gasteiger partial charge in [0, 0.05) is 11.1 Å². The zero-order chi connectivity index (χ0) is 35.7. The molecule has 0 saturated heterocycles. The lowest BCUT2D eigenvalue weighted by Gasteiger charge is -2.14. The highest BCUT2D eigenvalue weighted by atomic mass is 31.2. The molecule has 9 heteroatoms. The monoisotopic (exact) mass is 698 g/mol. The molecular formula is C40H59O8P. The fourth-order valence-electron chi connectivity index (χ4n) is 5.28. The third-order valence-corrected chi connectivity index (χ3v) is 9.05. The van der Waals surface area contributed by atoms with Crippen LogP contribution >= 0.6 is 7.82 Å². The first-order chi connectivity index (χ1) is 23.6. The molecule has 272 valence electrons. The molecule has 49 heavy (non-hydrogen) atoms. The topological polar surface area (TPSA) is 108 Å². The van der Waals surface area contributed by atoms with Gasteiger partial charge in [0.15, 0.2) is 0 Å². The van der Waals surface area contributed by atoms with E-state index in [1.807, 2.05) is 24.3 Å². The van der Waals surface area contributed by atoms with Crippen LogP contribution in [-0.2, 0) is 36.5 Å². The number of phosphoric acid groups is 1. The minimum Gasteiger partial charge on any atom is -0.462 e. The van der Waals surface area contributed by atoms with Crippen molar-refractivity contribution in [2.24, 2.45) is 0 Å². The number of hydrogen-bond acceptors (Lipinski definition) is 7. The van der Waals surface area contributed by atoms with Crippen LogP contribution in [0.4, 0.5) is 0 Å². The number of carbonyl (C=O) groups excluding carboxylic acids is 2. The average molecular weight is 699 g/mol. The van der Waals surface area contributed by atoms with Crippen LogP contribution in [0.5, 0.6) is 11.5 Å². The lowest BCUT2D eigenvalue weighted by atomic mass is 10.0. The molecule has 2 rings (SSSR count). The van der Waals surface area contributed by atoms with E-state index in [1.54, 1.807) is 38.1 Å². The van der Waals surface area contributed by atoms with E-state index in [4.69, 9.17) is 18.5 Å². The highest BCUT2D eigenvalue weighted by molar-refractivity contribution is 7.48. The summed E-state index contributed by atoms with van der Waals surface area (Å²) >= 11 is 0. The van der Waals surface area contributed by atoms with Gasteiger partial charge in [0.1, 0.15) is 11.5 Å². The zero-order valence-electron chi connectivity index (χ0n) is 29.9. The Balaban J connectivity index is 1.51. The van der Waals surface area contributed by atoms with Crippen LogP contribution in [0.2, 0.25) is 0 Å². The number of rotatable bonds is 28. The van der Waals surface area contributed by atoms with Crippen molar-refractivity contribution in [1.29, 1.82) is 0 Å². The van der Waals surface area contributed by atoms with Gasteiger partial charge in [-0.3, -0.25) is 4.89 Å². The fourth-order valence-corrected chi connectivity index (χ4v) is 6.09. The Labute approximate surface area is 294 Å². The molecular weight excluding hydrogens is 639 g/mol. The molecule has 2 aromatic rings. The highest BCUT2D eigenvalue weighted by Gasteiger charge is 2.25. The Morgan fingerprint density at radius 1 is 0.531 bits per heavy atom.